The molecule has 4 nitrogen and oxygen atoms in total. The standard InChI is InChI=1S/C22H20O4S/c1-11(2)21(23)25-17-9-7-15-16-8-10-18(26-22(24)12(3)4)14(6)20(16)27-19(15)13(17)5/h7-10H,1,3H2,2,4-6H3. The molecule has 0 radical (unpaired) electrons. The minimum absolute atomic E-state index is 0.352. The monoisotopic (exact) mass is 380 g/mol. The predicted octanol–water partition coefficient (Wildman–Crippen LogP) is 5.63. The van der Waals surface area contributed by atoms with E-state index in [1.165, 1.54) is 0 Å². The van der Waals surface area contributed by atoms with Crippen molar-refractivity contribution in [3.05, 3.63) is 59.7 Å². The van der Waals surface area contributed by atoms with Crippen molar-refractivity contribution in [3.8, 4) is 11.5 Å². The molecule has 2 aromatic carbocycles. The summed E-state index contributed by atoms with van der Waals surface area (Å²) in [5.74, 6) is 0.162. The number of fused-ring (bicyclic) bond motifs is 3. The van der Waals surface area contributed by atoms with Crippen LogP contribution < -0.4 is 9.47 Å². The number of hydrogen-bond acceptors (Lipinski definition) is 5. The summed E-state index contributed by atoms with van der Waals surface area (Å²) in [5, 5.41) is 2.15. The number of esters is 2. The van der Waals surface area contributed by atoms with E-state index >= 15 is 0 Å². The van der Waals surface area contributed by atoms with Gasteiger partial charge in [-0.05, 0) is 52.0 Å². The molecule has 1 aromatic heterocycles. The highest BCUT2D eigenvalue weighted by atomic mass is 32.1. The van der Waals surface area contributed by atoms with Crippen molar-refractivity contribution in [2.45, 2.75) is 27.7 Å². The third-order valence-corrected chi connectivity index (χ3v) is 5.77. The minimum atomic E-state index is -0.441. The van der Waals surface area contributed by atoms with Crippen molar-refractivity contribution < 1.29 is 19.1 Å². The van der Waals surface area contributed by atoms with Crippen LogP contribution in [0.3, 0.4) is 0 Å². The molecule has 0 aliphatic heterocycles. The van der Waals surface area contributed by atoms with E-state index in [1.54, 1.807) is 37.3 Å². The first kappa shape index (κ1) is 18.9. The van der Waals surface area contributed by atoms with Gasteiger partial charge in [-0.2, -0.15) is 0 Å². The van der Waals surface area contributed by atoms with Crippen LogP contribution in [0.15, 0.2) is 48.6 Å². The van der Waals surface area contributed by atoms with Crippen LogP contribution in [0.2, 0.25) is 0 Å². The maximum atomic E-state index is 11.9. The molecule has 0 amide bonds. The first-order chi connectivity index (χ1) is 12.7. The maximum absolute atomic E-state index is 11.9. The van der Waals surface area contributed by atoms with Crippen molar-refractivity contribution in [1.29, 1.82) is 0 Å². The van der Waals surface area contributed by atoms with Gasteiger partial charge in [0.1, 0.15) is 11.5 Å². The second-order valence-corrected chi connectivity index (χ2v) is 7.59. The first-order valence-corrected chi connectivity index (χ1v) is 9.23. The van der Waals surface area contributed by atoms with E-state index in [9.17, 15) is 9.59 Å². The van der Waals surface area contributed by atoms with Gasteiger partial charge in [-0.15, -0.1) is 11.3 Å². The maximum Gasteiger partial charge on any atom is 0.338 e. The van der Waals surface area contributed by atoms with E-state index in [4.69, 9.17) is 9.47 Å². The molecule has 0 aliphatic rings. The van der Waals surface area contributed by atoms with E-state index in [1.807, 2.05) is 26.0 Å². The van der Waals surface area contributed by atoms with E-state index < -0.39 is 11.9 Å². The van der Waals surface area contributed by atoms with Crippen LogP contribution in [0.5, 0.6) is 11.5 Å². The molecule has 3 aromatic rings. The zero-order valence-electron chi connectivity index (χ0n) is 15.8. The van der Waals surface area contributed by atoms with Crippen molar-refractivity contribution in [3.63, 3.8) is 0 Å². The quantitative estimate of drug-likeness (QED) is 0.334. The van der Waals surface area contributed by atoms with Crippen molar-refractivity contribution in [1.82, 2.24) is 0 Å². The number of ether oxygens (including phenoxy) is 2. The highest BCUT2D eigenvalue weighted by molar-refractivity contribution is 7.26. The number of carbonyl (C=O) groups excluding carboxylic acids is 2. The fraction of sp³-hybridized carbons (Fsp3) is 0.182. The molecule has 0 saturated carbocycles. The zero-order chi connectivity index (χ0) is 19.9. The number of carbonyl (C=O) groups is 2. The number of rotatable bonds is 4. The van der Waals surface area contributed by atoms with Crippen LogP contribution in [-0.2, 0) is 9.59 Å². The lowest BCUT2D eigenvalue weighted by molar-refractivity contribution is -0.131. The van der Waals surface area contributed by atoms with Crippen molar-refractivity contribution >= 4 is 43.4 Å². The number of aryl methyl sites for hydroxylation is 2. The summed E-state index contributed by atoms with van der Waals surface area (Å²) in [5.41, 5.74) is 2.49. The molecule has 1 heterocycles. The fourth-order valence-corrected chi connectivity index (χ4v) is 4.02. The summed E-state index contributed by atoms with van der Waals surface area (Å²) in [6.07, 6.45) is 0. The summed E-state index contributed by atoms with van der Waals surface area (Å²) in [4.78, 5) is 23.7. The average molecular weight is 380 g/mol. The fourth-order valence-electron chi connectivity index (χ4n) is 2.73. The van der Waals surface area contributed by atoms with Gasteiger partial charge in [0.15, 0.2) is 0 Å². The Labute approximate surface area is 161 Å². The second kappa shape index (κ2) is 7.00. The summed E-state index contributed by atoms with van der Waals surface area (Å²) in [6, 6.07) is 7.49. The number of benzene rings is 2. The van der Waals surface area contributed by atoms with E-state index in [0.29, 0.717) is 22.6 Å². The number of hydrogen-bond donors (Lipinski definition) is 0. The van der Waals surface area contributed by atoms with Gasteiger partial charge >= 0.3 is 11.9 Å². The Morgan fingerprint density at radius 3 is 1.48 bits per heavy atom. The summed E-state index contributed by atoms with van der Waals surface area (Å²) >= 11 is 1.59. The van der Waals surface area contributed by atoms with Crippen LogP contribution in [0.1, 0.15) is 25.0 Å². The van der Waals surface area contributed by atoms with Gasteiger partial charge in [0, 0.05) is 42.4 Å². The largest absolute Gasteiger partial charge is 0.423 e. The van der Waals surface area contributed by atoms with Crippen LogP contribution in [0, 0.1) is 13.8 Å². The Morgan fingerprint density at radius 1 is 0.778 bits per heavy atom. The predicted molar refractivity (Wildman–Crippen MR) is 110 cm³/mol. The Bertz CT molecular complexity index is 1050. The van der Waals surface area contributed by atoms with Gasteiger partial charge in [0.2, 0.25) is 0 Å². The average Bonchev–Trinajstić information content (AvgIpc) is 2.99. The Balaban J connectivity index is 2.12. The van der Waals surface area contributed by atoms with Crippen LogP contribution >= 0.6 is 11.3 Å². The van der Waals surface area contributed by atoms with Gasteiger partial charge in [0.25, 0.3) is 0 Å². The summed E-state index contributed by atoms with van der Waals surface area (Å²) in [6.45, 7) is 14.3. The number of thiophene rings is 1. The van der Waals surface area contributed by atoms with Gasteiger partial charge in [0.05, 0.1) is 0 Å². The first-order valence-electron chi connectivity index (χ1n) is 8.41. The van der Waals surface area contributed by atoms with E-state index in [-0.39, 0.29) is 0 Å². The molecule has 5 heteroatoms. The van der Waals surface area contributed by atoms with Gasteiger partial charge < -0.3 is 9.47 Å². The molecule has 0 aliphatic carbocycles. The van der Waals surface area contributed by atoms with Gasteiger partial charge in [-0.3, -0.25) is 0 Å². The second-order valence-electron chi connectivity index (χ2n) is 6.57. The SMILES string of the molecule is C=C(C)C(=O)Oc1ccc2c(sc3c(C)c(OC(=O)C(=C)C)ccc32)c1C. The molecule has 0 saturated heterocycles. The van der Waals surface area contributed by atoms with Crippen LogP contribution in [0.25, 0.3) is 20.2 Å². The lowest BCUT2D eigenvalue weighted by atomic mass is 10.1. The Kier molecular flexibility index (Phi) is 4.89. The summed E-state index contributed by atoms with van der Waals surface area (Å²) < 4.78 is 12.9. The van der Waals surface area contributed by atoms with Gasteiger partial charge in [-0.25, -0.2) is 9.59 Å². The molecule has 138 valence electrons. The van der Waals surface area contributed by atoms with Gasteiger partial charge in [-0.1, -0.05) is 13.2 Å². The molecule has 0 atom stereocenters. The highest BCUT2D eigenvalue weighted by Crippen LogP contribution is 2.42. The highest BCUT2D eigenvalue weighted by Gasteiger charge is 2.17. The molecular weight excluding hydrogens is 360 g/mol. The third kappa shape index (κ3) is 3.38. The molecule has 3 rings (SSSR count). The smallest absolute Gasteiger partial charge is 0.338 e. The van der Waals surface area contributed by atoms with Crippen molar-refractivity contribution in [2.75, 3.05) is 0 Å². The zero-order valence-corrected chi connectivity index (χ0v) is 16.6. The Morgan fingerprint density at radius 2 is 1.15 bits per heavy atom. The normalized spacial score (nSPS) is 10.8. The Hall–Kier alpha value is -2.92. The van der Waals surface area contributed by atoms with Crippen LogP contribution in [-0.4, -0.2) is 11.9 Å². The molecule has 0 unspecified atom stereocenters. The lowest BCUT2D eigenvalue weighted by Crippen LogP contribution is -2.09. The summed E-state index contributed by atoms with van der Waals surface area (Å²) in [7, 11) is 0. The molecule has 27 heavy (non-hydrogen) atoms. The van der Waals surface area contributed by atoms with E-state index in [0.717, 1.165) is 31.3 Å². The van der Waals surface area contributed by atoms with Crippen LogP contribution in [0.4, 0.5) is 0 Å². The lowest BCUT2D eigenvalue weighted by Gasteiger charge is -2.08. The third-order valence-electron chi connectivity index (χ3n) is 4.31. The minimum Gasteiger partial charge on any atom is -0.423 e. The molecule has 0 N–H and O–H groups in total. The van der Waals surface area contributed by atoms with Crippen molar-refractivity contribution in [2.24, 2.45) is 0 Å². The molecule has 0 bridgehead atoms. The molecule has 0 fully saturated rings. The molecular formula is C22H20O4S. The van der Waals surface area contributed by atoms with E-state index in [2.05, 4.69) is 13.2 Å². The molecule has 0 spiro atoms. The topological polar surface area (TPSA) is 52.6 Å².